The van der Waals surface area contributed by atoms with E-state index in [1.807, 2.05) is 35.2 Å². The molecule has 0 radical (unpaired) electrons. The number of nitrogen functional groups attached to an aromatic ring is 1. The quantitative estimate of drug-likeness (QED) is 0.688. The van der Waals surface area contributed by atoms with Crippen molar-refractivity contribution in [1.29, 1.82) is 5.41 Å². The molecule has 2 saturated heterocycles. The van der Waals surface area contributed by atoms with Crippen molar-refractivity contribution in [2.45, 2.75) is 31.1 Å². The largest absolute Gasteiger partial charge is 0.383 e. The molecule has 1 aromatic carbocycles. The Morgan fingerprint density at radius 1 is 1.34 bits per heavy atom. The lowest BCUT2D eigenvalue weighted by Gasteiger charge is -2.34. The number of aliphatic imine (C=N–C) groups is 1. The standard InChI is InChI=1S/C22H26F2N6O2/c1-27-19(14-5-3-2-4-6-14)16-7-9-29(13-17(16)25)12-15-11-22(23,24)20(32-15)30-10-8-18(26)28-21(30)31/h2-6,8,10,15-16,20,25H,7,9,11-13H2,1H3,(H2,26,28,31). The van der Waals surface area contributed by atoms with E-state index in [0.717, 1.165) is 15.8 Å². The van der Waals surface area contributed by atoms with E-state index in [9.17, 15) is 13.6 Å². The van der Waals surface area contributed by atoms with Gasteiger partial charge in [-0.15, -0.1) is 0 Å². The number of rotatable bonds is 5. The predicted octanol–water partition coefficient (Wildman–Crippen LogP) is 2.21. The van der Waals surface area contributed by atoms with Crippen molar-refractivity contribution in [3.05, 3.63) is 58.6 Å². The summed E-state index contributed by atoms with van der Waals surface area (Å²) in [6, 6.07) is 11.1. The SMILES string of the molecule is CN=C(c1ccccc1)C1CCN(CC2CC(F)(F)C(n3ccc(N)nc3=O)O2)CC1=N. The number of aromatic nitrogens is 2. The van der Waals surface area contributed by atoms with Crippen LogP contribution in [0.2, 0.25) is 0 Å². The number of nitrogens with two attached hydrogens (primary N) is 1. The molecule has 4 rings (SSSR count). The summed E-state index contributed by atoms with van der Waals surface area (Å²) in [4.78, 5) is 21.9. The van der Waals surface area contributed by atoms with Crippen molar-refractivity contribution in [2.24, 2.45) is 10.9 Å². The van der Waals surface area contributed by atoms with Crippen LogP contribution in [0, 0.1) is 11.3 Å². The second kappa shape index (κ2) is 8.87. The molecule has 0 spiro atoms. The van der Waals surface area contributed by atoms with Gasteiger partial charge in [-0.05, 0) is 24.6 Å². The fourth-order valence-corrected chi connectivity index (χ4v) is 4.47. The van der Waals surface area contributed by atoms with Crippen molar-refractivity contribution >= 4 is 17.2 Å². The molecule has 0 amide bonds. The minimum Gasteiger partial charge on any atom is -0.383 e. The predicted molar refractivity (Wildman–Crippen MR) is 118 cm³/mol. The highest BCUT2D eigenvalue weighted by Crippen LogP contribution is 2.42. The van der Waals surface area contributed by atoms with Crippen molar-refractivity contribution in [3.63, 3.8) is 0 Å². The number of hydrogen-bond acceptors (Lipinski definition) is 7. The topological polar surface area (TPSA) is 110 Å². The van der Waals surface area contributed by atoms with Crippen LogP contribution in [0.25, 0.3) is 0 Å². The summed E-state index contributed by atoms with van der Waals surface area (Å²) >= 11 is 0. The van der Waals surface area contributed by atoms with Crippen molar-refractivity contribution in [1.82, 2.24) is 14.5 Å². The molecule has 2 aliphatic heterocycles. The Labute approximate surface area is 184 Å². The summed E-state index contributed by atoms with van der Waals surface area (Å²) in [7, 11) is 1.73. The van der Waals surface area contributed by atoms with E-state index >= 15 is 0 Å². The van der Waals surface area contributed by atoms with Crippen LogP contribution in [-0.2, 0) is 4.74 Å². The fourth-order valence-electron chi connectivity index (χ4n) is 4.47. The van der Waals surface area contributed by atoms with Crippen molar-refractivity contribution < 1.29 is 13.5 Å². The van der Waals surface area contributed by atoms with Gasteiger partial charge < -0.3 is 15.9 Å². The molecule has 1 aromatic heterocycles. The van der Waals surface area contributed by atoms with Crippen LogP contribution >= 0.6 is 0 Å². The molecule has 0 bridgehead atoms. The van der Waals surface area contributed by atoms with E-state index in [4.69, 9.17) is 15.9 Å². The number of halogens is 2. The molecule has 3 unspecified atom stereocenters. The highest BCUT2D eigenvalue weighted by molar-refractivity contribution is 6.15. The van der Waals surface area contributed by atoms with E-state index in [-0.39, 0.29) is 18.3 Å². The van der Waals surface area contributed by atoms with Gasteiger partial charge in [0.15, 0.2) is 0 Å². The average Bonchev–Trinajstić information content (AvgIpc) is 3.04. The Hall–Kier alpha value is -2.98. The third-order valence-corrected chi connectivity index (χ3v) is 5.94. The number of alkyl halides is 2. The summed E-state index contributed by atoms with van der Waals surface area (Å²) in [6.45, 7) is 1.25. The number of nitrogens with zero attached hydrogens (tertiary/aromatic N) is 4. The monoisotopic (exact) mass is 444 g/mol. The van der Waals surface area contributed by atoms with Crippen LogP contribution in [0.15, 0.2) is 52.4 Å². The Kier molecular flexibility index (Phi) is 6.16. The molecular formula is C22H26F2N6O2. The zero-order valence-corrected chi connectivity index (χ0v) is 17.7. The van der Waals surface area contributed by atoms with Gasteiger partial charge in [-0.25, -0.2) is 13.6 Å². The van der Waals surface area contributed by atoms with Gasteiger partial charge in [-0.2, -0.15) is 4.98 Å². The first-order chi connectivity index (χ1) is 15.3. The number of piperidine rings is 1. The molecule has 3 N–H and O–H groups in total. The van der Waals surface area contributed by atoms with Crippen molar-refractivity contribution in [3.8, 4) is 0 Å². The minimum absolute atomic E-state index is 0.0315. The van der Waals surface area contributed by atoms with Gasteiger partial charge in [0, 0.05) is 44.4 Å². The summed E-state index contributed by atoms with van der Waals surface area (Å²) in [6.07, 6.45) is -1.14. The lowest BCUT2D eigenvalue weighted by Crippen LogP contribution is -2.46. The maximum atomic E-state index is 14.6. The number of likely N-dealkylation sites (tertiary alicyclic amines) is 1. The van der Waals surface area contributed by atoms with Gasteiger partial charge in [0.05, 0.1) is 11.8 Å². The molecule has 2 aromatic rings. The second-order valence-electron chi connectivity index (χ2n) is 8.19. The highest BCUT2D eigenvalue weighted by Gasteiger charge is 2.52. The number of ether oxygens (including phenoxy) is 1. The second-order valence-corrected chi connectivity index (χ2v) is 8.19. The van der Waals surface area contributed by atoms with Gasteiger partial charge in [0.1, 0.15) is 5.82 Å². The first kappa shape index (κ1) is 22.2. The molecule has 2 fully saturated rings. The molecule has 32 heavy (non-hydrogen) atoms. The van der Waals surface area contributed by atoms with E-state index in [0.29, 0.717) is 25.2 Å². The lowest BCUT2D eigenvalue weighted by atomic mass is 9.86. The Balaban J connectivity index is 1.41. The third kappa shape index (κ3) is 4.46. The molecule has 8 nitrogen and oxygen atoms in total. The van der Waals surface area contributed by atoms with Crippen LogP contribution in [0.1, 0.15) is 24.6 Å². The van der Waals surface area contributed by atoms with Gasteiger partial charge in [0.2, 0.25) is 6.23 Å². The number of nitrogens with one attached hydrogen (secondary N) is 1. The number of hydrogen-bond donors (Lipinski definition) is 2. The van der Waals surface area contributed by atoms with E-state index < -0.39 is 30.4 Å². The number of anilines is 1. The zero-order chi connectivity index (χ0) is 22.9. The zero-order valence-electron chi connectivity index (χ0n) is 17.7. The van der Waals surface area contributed by atoms with Gasteiger partial charge in [0.25, 0.3) is 5.92 Å². The highest BCUT2D eigenvalue weighted by atomic mass is 19.3. The van der Waals surface area contributed by atoms with Gasteiger partial charge >= 0.3 is 5.69 Å². The van der Waals surface area contributed by atoms with Crippen molar-refractivity contribution in [2.75, 3.05) is 32.4 Å². The van der Waals surface area contributed by atoms with Gasteiger partial charge in [-0.3, -0.25) is 14.5 Å². The van der Waals surface area contributed by atoms with Crippen LogP contribution in [0.5, 0.6) is 0 Å². The molecule has 3 heterocycles. The first-order valence-corrected chi connectivity index (χ1v) is 10.5. The Morgan fingerprint density at radius 3 is 2.75 bits per heavy atom. The maximum Gasteiger partial charge on any atom is 0.351 e. The molecule has 0 aliphatic carbocycles. The molecule has 170 valence electrons. The molecule has 2 aliphatic rings. The molecule has 3 atom stereocenters. The van der Waals surface area contributed by atoms with E-state index in [2.05, 4.69) is 9.98 Å². The lowest BCUT2D eigenvalue weighted by molar-refractivity contribution is -0.118. The van der Waals surface area contributed by atoms with E-state index in [1.54, 1.807) is 7.05 Å². The maximum absolute atomic E-state index is 14.6. The van der Waals surface area contributed by atoms with Crippen LogP contribution < -0.4 is 11.4 Å². The van der Waals surface area contributed by atoms with Crippen LogP contribution in [-0.4, -0.2) is 64.6 Å². The minimum atomic E-state index is -3.21. The summed E-state index contributed by atoms with van der Waals surface area (Å²) in [5, 5.41) is 8.56. The number of benzene rings is 1. The molecule has 0 saturated carbocycles. The fraction of sp³-hybridized carbons (Fsp3) is 0.455. The third-order valence-electron chi connectivity index (χ3n) is 5.94. The van der Waals surface area contributed by atoms with Gasteiger partial charge in [-0.1, -0.05) is 30.3 Å². The van der Waals surface area contributed by atoms with Crippen LogP contribution in [0.4, 0.5) is 14.6 Å². The Morgan fingerprint density at radius 2 is 2.09 bits per heavy atom. The summed E-state index contributed by atoms with van der Waals surface area (Å²) < 4.78 is 35.6. The average molecular weight is 444 g/mol. The normalized spacial score (nSPS) is 26.4. The Bertz CT molecular complexity index is 1070. The van der Waals surface area contributed by atoms with E-state index in [1.165, 1.54) is 12.3 Å². The molecule has 10 heteroatoms. The molecular weight excluding hydrogens is 418 g/mol. The summed E-state index contributed by atoms with van der Waals surface area (Å²) in [5.41, 5.74) is 6.94. The van der Waals surface area contributed by atoms with Crippen LogP contribution in [0.3, 0.4) is 0 Å². The first-order valence-electron chi connectivity index (χ1n) is 10.5. The summed E-state index contributed by atoms with van der Waals surface area (Å²) in [5.74, 6) is -3.35. The smallest absolute Gasteiger partial charge is 0.351 e.